The number of aromatic nitrogens is 3. The summed E-state index contributed by atoms with van der Waals surface area (Å²) in [6, 6.07) is 7.07. The molecule has 4 aliphatic rings. The first-order valence-electron chi connectivity index (χ1n) is 10.4. The molecule has 1 aromatic carbocycles. The summed E-state index contributed by atoms with van der Waals surface area (Å²) in [5.41, 5.74) is 1.91. The lowest BCUT2D eigenvalue weighted by Crippen LogP contribution is -2.54. The van der Waals surface area contributed by atoms with Crippen molar-refractivity contribution in [2.24, 2.45) is 17.8 Å². The van der Waals surface area contributed by atoms with E-state index < -0.39 is 0 Å². The number of fused-ring (bicyclic) bond motifs is 1. The minimum Gasteiger partial charge on any atom is -0.318 e. The van der Waals surface area contributed by atoms with Gasteiger partial charge >= 0.3 is 6.03 Å². The maximum Gasteiger partial charge on any atom is 0.322 e. The van der Waals surface area contributed by atoms with Crippen molar-refractivity contribution >= 4 is 23.3 Å². The molecular weight excluding hydrogens is 374 g/mol. The van der Waals surface area contributed by atoms with Crippen LogP contribution in [0.1, 0.15) is 50.1 Å². The van der Waals surface area contributed by atoms with E-state index in [1.54, 1.807) is 17.2 Å². The Morgan fingerprint density at radius 1 is 1.18 bits per heavy atom. The fraction of sp³-hybridized carbons (Fsp3) is 0.571. The number of urea groups is 1. The number of anilines is 1. The Balaban J connectivity index is 1.20. The Kier molecular flexibility index (Phi) is 3.58. The van der Waals surface area contributed by atoms with E-state index in [9.17, 15) is 4.79 Å². The zero-order chi connectivity index (χ0) is 19.0. The van der Waals surface area contributed by atoms with Crippen LogP contribution in [-0.2, 0) is 0 Å². The maximum absolute atomic E-state index is 12.9. The largest absolute Gasteiger partial charge is 0.322 e. The Labute approximate surface area is 169 Å². The lowest BCUT2D eigenvalue weighted by Gasteiger charge is -2.41. The molecule has 6 nitrogen and oxygen atoms in total. The Bertz CT molecular complexity index is 931. The summed E-state index contributed by atoms with van der Waals surface area (Å²) in [4.78, 5) is 16.8. The van der Waals surface area contributed by atoms with E-state index in [1.807, 2.05) is 18.2 Å². The molecule has 1 aromatic heterocycles. The molecule has 0 spiro atoms. The van der Waals surface area contributed by atoms with Crippen molar-refractivity contribution in [1.29, 1.82) is 0 Å². The van der Waals surface area contributed by atoms with Crippen molar-refractivity contribution < 1.29 is 4.79 Å². The Morgan fingerprint density at radius 2 is 2.00 bits per heavy atom. The van der Waals surface area contributed by atoms with Gasteiger partial charge in [0.15, 0.2) is 0 Å². The molecule has 1 N–H and O–H groups in total. The van der Waals surface area contributed by atoms with Gasteiger partial charge in [-0.1, -0.05) is 18.5 Å². The van der Waals surface area contributed by atoms with Gasteiger partial charge in [0, 0.05) is 34.6 Å². The zero-order valence-electron chi connectivity index (χ0n) is 15.8. The molecule has 1 saturated heterocycles. The van der Waals surface area contributed by atoms with Crippen LogP contribution in [-0.4, -0.2) is 38.0 Å². The molecule has 28 heavy (non-hydrogen) atoms. The summed E-state index contributed by atoms with van der Waals surface area (Å²) in [7, 11) is 0. The molecular formula is C21H24ClN5O. The van der Waals surface area contributed by atoms with E-state index in [0.717, 1.165) is 53.3 Å². The molecule has 6 rings (SSSR count). The number of nitrogens with one attached hydrogen (secondary N) is 1. The SMILES string of the molecule is C[C@H]1CC2[C@@H]3C([C@@H]3C1)N2C(=O)Nc1ccc(Cl)c([C@@H]2CCC2n2nccn2)c1. The van der Waals surface area contributed by atoms with Gasteiger partial charge < -0.3 is 10.2 Å². The third-order valence-corrected chi connectivity index (χ3v) is 7.82. The molecule has 3 unspecified atom stereocenters. The minimum atomic E-state index is 0.0509. The second-order valence-electron chi connectivity index (χ2n) is 9.05. The fourth-order valence-corrected chi connectivity index (χ4v) is 6.29. The van der Waals surface area contributed by atoms with Crippen LogP contribution in [0.15, 0.2) is 30.6 Å². The van der Waals surface area contributed by atoms with E-state index in [4.69, 9.17) is 11.6 Å². The molecule has 1 aliphatic heterocycles. The number of hydrogen-bond donors (Lipinski definition) is 1. The van der Waals surface area contributed by atoms with Crippen LogP contribution < -0.4 is 5.32 Å². The first kappa shape index (κ1) is 16.8. The summed E-state index contributed by atoms with van der Waals surface area (Å²) >= 11 is 6.51. The van der Waals surface area contributed by atoms with Gasteiger partial charge in [0.25, 0.3) is 0 Å². The third-order valence-electron chi connectivity index (χ3n) is 7.48. The van der Waals surface area contributed by atoms with Crippen LogP contribution in [0.25, 0.3) is 0 Å². The molecule has 2 aromatic rings. The van der Waals surface area contributed by atoms with Gasteiger partial charge in [0.2, 0.25) is 0 Å². The highest BCUT2D eigenvalue weighted by Crippen LogP contribution is 2.64. The highest BCUT2D eigenvalue weighted by Gasteiger charge is 2.71. The van der Waals surface area contributed by atoms with Crippen LogP contribution in [0, 0.1) is 17.8 Å². The zero-order valence-corrected chi connectivity index (χ0v) is 16.6. The number of halogens is 1. The quantitative estimate of drug-likeness (QED) is 0.839. The summed E-state index contributed by atoms with van der Waals surface area (Å²) in [6.07, 6.45) is 7.96. The molecule has 7 heteroatoms. The average Bonchev–Trinajstić information content (AvgIpc) is 3.00. The number of benzene rings is 1. The smallest absolute Gasteiger partial charge is 0.318 e. The minimum absolute atomic E-state index is 0.0509. The summed E-state index contributed by atoms with van der Waals surface area (Å²) in [5.74, 6) is 2.55. The topological polar surface area (TPSA) is 63.1 Å². The maximum atomic E-state index is 12.9. The first-order chi connectivity index (χ1) is 13.6. The number of hydrogen-bond acceptors (Lipinski definition) is 3. The second kappa shape index (κ2) is 5.96. The van der Waals surface area contributed by atoms with Crippen molar-refractivity contribution in [3.8, 4) is 0 Å². The summed E-state index contributed by atoms with van der Waals surface area (Å²) in [5, 5.41) is 12.5. The van der Waals surface area contributed by atoms with E-state index in [2.05, 4.69) is 27.3 Å². The van der Waals surface area contributed by atoms with Crippen molar-refractivity contribution in [1.82, 2.24) is 19.9 Å². The molecule has 2 heterocycles. The predicted octanol–water partition coefficient (Wildman–Crippen LogP) is 4.31. The van der Waals surface area contributed by atoms with Crippen molar-refractivity contribution in [2.45, 2.75) is 56.7 Å². The highest BCUT2D eigenvalue weighted by atomic mass is 35.5. The number of carbonyl (C=O) groups is 1. The standard InChI is InChI=1S/C21H24ClN5O/c1-11-8-15-19-18(9-11)26(20(15)19)21(28)25-12-2-4-16(22)14(10-12)13-3-5-17(13)27-23-6-7-24-27/h2,4,6-7,10-11,13,15,17-20H,3,5,8-9H2,1H3,(H,25,28)/t11-,13+,15-,17?,18?,19-,20?/m1/s1. The molecule has 2 amide bonds. The van der Waals surface area contributed by atoms with Gasteiger partial charge in [0.05, 0.1) is 18.4 Å². The number of amides is 2. The number of carbonyl (C=O) groups excluding carboxylic acids is 1. The highest BCUT2D eigenvalue weighted by molar-refractivity contribution is 6.31. The van der Waals surface area contributed by atoms with Gasteiger partial charge in [-0.15, -0.1) is 0 Å². The molecule has 7 atom stereocenters. The molecule has 0 radical (unpaired) electrons. The fourth-order valence-electron chi connectivity index (χ4n) is 6.03. The number of rotatable bonds is 3. The molecule has 0 bridgehead atoms. The molecule has 3 saturated carbocycles. The number of nitrogens with zero attached hydrogens (tertiary/aromatic N) is 4. The third kappa shape index (κ3) is 2.36. The van der Waals surface area contributed by atoms with Gasteiger partial charge in [0.1, 0.15) is 0 Å². The van der Waals surface area contributed by atoms with Gasteiger partial charge in [-0.2, -0.15) is 15.0 Å². The first-order valence-corrected chi connectivity index (χ1v) is 10.7. The summed E-state index contributed by atoms with van der Waals surface area (Å²) in [6.45, 7) is 2.31. The van der Waals surface area contributed by atoms with Crippen LogP contribution in [0.4, 0.5) is 10.5 Å². The van der Waals surface area contributed by atoms with E-state index >= 15 is 0 Å². The van der Waals surface area contributed by atoms with Gasteiger partial charge in [-0.3, -0.25) is 0 Å². The van der Waals surface area contributed by atoms with Gasteiger partial charge in [-0.25, -0.2) is 4.79 Å². The second-order valence-corrected chi connectivity index (χ2v) is 9.46. The monoisotopic (exact) mass is 397 g/mol. The van der Waals surface area contributed by atoms with Crippen LogP contribution in [0.2, 0.25) is 5.02 Å². The van der Waals surface area contributed by atoms with Crippen LogP contribution >= 0.6 is 11.6 Å². The van der Waals surface area contributed by atoms with Crippen molar-refractivity contribution in [3.05, 3.63) is 41.2 Å². The average molecular weight is 398 g/mol. The van der Waals surface area contributed by atoms with Crippen molar-refractivity contribution in [2.75, 3.05) is 5.32 Å². The molecule has 4 fully saturated rings. The van der Waals surface area contributed by atoms with Crippen LogP contribution in [0.3, 0.4) is 0 Å². The van der Waals surface area contributed by atoms with Crippen LogP contribution in [0.5, 0.6) is 0 Å². The molecule has 146 valence electrons. The lowest BCUT2D eigenvalue weighted by atomic mass is 9.75. The van der Waals surface area contributed by atoms with E-state index in [1.165, 1.54) is 6.42 Å². The van der Waals surface area contributed by atoms with Gasteiger partial charge in [-0.05, 0) is 61.3 Å². The number of likely N-dealkylation sites (tertiary alicyclic amines) is 1. The van der Waals surface area contributed by atoms with Crippen molar-refractivity contribution in [3.63, 3.8) is 0 Å². The summed E-state index contributed by atoms with van der Waals surface area (Å²) < 4.78 is 0. The van der Waals surface area contributed by atoms with E-state index in [0.29, 0.717) is 12.1 Å². The lowest BCUT2D eigenvalue weighted by molar-refractivity contribution is 0.0989. The molecule has 3 aliphatic carbocycles. The Morgan fingerprint density at radius 3 is 2.75 bits per heavy atom. The predicted molar refractivity (Wildman–Crippen MR) is 106 cm³/mol. The Hall–Kier alpha value is -2.08. The van der Waals surface area contributed by atoms with E-state index in [-0.39, 0.29) is 18.0 Å². The normalized spacial score (nSPS) is 37.5.